The van der Waals surface area contributed by atoms with Crippen molar-refractivity contribution in [3.05, 3.63) is 57.3 Å². The highest BCUT2D eigenvalue weighted by Gasteiger charge is 2.34. The minimum absolute atomic E-state index is 0.142. The van der Waals surface area contributed by atoms with Gasteiger partial charge in [-0.15, -0.1) is 11.3 Å². The van der Waals surface area contributed by atoms with E-state index in [0.29, 0.717) is 17.7 Å². The molecule has 1 aromatic carbocycles. The van der Waals surface area contributed by atoms with Crippen molar-refractivity contribution in [2.75, 3.05) is 19.6 Å². The number of imide groups is 1. The summed E-state index contributed by atoms with van der Waals surface area (Å²) >= 11 is 1.86. The summed E-state index contributed by atoms with van der Waals surface area (Å²) in [5.74, 6) is -0.284. The van der Waals surface area contributed by atoms with Crippen LogP contribution in [0.15, 0.2) is 35.7 Å². The number of rotatable bonds is 5. The number of hydrogen-bond donors (Lipinski definition) is 0. The van der Waals surface area contributed by atoms with Crippen LogP contribution in [0.5, 0.6) is 0 Å². The Labute approximate surface area is 145 Å². The van der Waals surface area contributed by atoms with Crippen LogP contribution < -0.4 is 0 Å². The molecule has 0 atom stereocenters. The number of nitrogens with zero attached hydrogens (tertiary/aromatic N) is 2. The zero-order valence-electron chi connectivity index (χ0n) is 13.5. The summed E-state index contributed by atoms with van der Waals surface area (Å²) in [5.41, 5.74) is 2.55. The summed E-state index contributed by atoms with van der Waals surface area (Å²) in [7, 11) is 0. The zero-order chi connectivity index (χ0) is 16.5. The van der Waals surface area contributed by atoms with Crippen molar-refractivity contribution in [2.45, 2.75) is 25.8 Å². The molecule has 0 radical (unpaired) electrons. The maximum absolute atomic E-state index is 12.3. The van der Waals surface area contributed by atoms with Gasteiger partial charge in [0.05, 0.1) is 11.1 Å². The Bertz CT molecular complexity index is 748. The number of fused-ring (bicyclic) bond motifs is 2. The Kier molecular flexibility index (Phi) is 4.21. The number of carbonyl (C=O) groups excluding carboxylic acids is 2. The maximum atomic E-state index is 12.3. The first kappa shape index (κ1) is 15.5. The summed E-state index contributed by atoms with van der Waals surface area (Å²) in [6.45, 7) is 3.69. The average molecular weight is 340 g/mol. The van der Waals surface area contributed by atoms with Crippen LogP contribution in [0.25, 0.3) is 0 Å². The van der Waals surface area contributed by atoms with Gasteiger partial charge in [-0.2, -0.15) is 0 Å². The Morgan fingerprint density at radius 2 is 1.67 bits per heavy atom. The molecule has 2 aliphatic heterocycles. The van der Waals surface area contributed by atoms with Crippen molar-refractivity contribution >= 4 is 23.2 Å². The van der Waals surface area contributed by atoms with Crippen molar-refractivity contribution in [3.8, 4) is 0 Å². The lowest BCUT2D eigenvalue weighted by atomic mass is 10.1. The first-order valence-corrected chi connectivity index (χ1v) is 9.35. The fraction of sp³-hybridized carbons (Fsp3) is 0.368. The minimum Gasteiger partial charge on any atom is -0.299 e. The monoisotopic (exact) mass is 340 g/mol. The normalized spacial score (nSPS) is 17.2. The third-order valence-corrected chi connectivity index (χ3v) is 5.89. The Morgan fingerprint density at radius 1 is 0.958 bits per heavy atom. The van der Waals surface area contributed by atoms with E-state index >= 15 is 0 Å². The van der Waals surface area contributed by atoms with E-state index in [1.165, 1.54) is 15.3 Å². The molecule has 4 nitrogen and oxygen atoms in total. The molecule has 2 aromatic rings. The van der Waals surface area contributed by atoms with E-state index in [2.05, 4.69) is 16.3 Å². The molecule has 0 unspecified atom stereocenters. The summed E-state index contributed by atoms with van der Waals surface area (Å²) < 4.78 is 0. The molecule has 5 heteroatoms. The molecule has 2 aliphatic rings. The van der Waals surface area contributed by atoms with Gasteiger partial charge in [0, 0.05) is 24.5 Å². The van der Waals surface area contributed by atoms with Gasteiger partial charge in [-0.3, -0.25) is 19.4 Å². The highest BCUT2D eigenvalue weighted by Crippen LogP contribution is 2.25. The van der Waals surface area contributed by atoms with Gasteiger partial charge in [-0.1, -0.05) is 12.1 Å². The molecular weight excluding hydrogens is 320 g/mol. The molecule has 0 saturated carbocycles. The van der Waals surface area contributed by atoms with Crippen LogP contribution in [0.3, 0.4) is 0 Å². The average Bonchev–Trinajstić information content (AvgIpc) is 3.16. The van der Waals surface area contributed by atoms with Gasteiger partial charge in [0.2, 0.25) is 0 Å². The molecule has 1 aromatic heterocycles. The number of carbonyl (C=O) groups is 2. The Balaban J connectivity index is 1.27. The highest BCUT2D eigenvalue weighted by molar-refractivity contribution is 7.10. The van der Waals surface area contributed by atoms with Crippen LogP contribution >= 0.6 is 11.3 Å². The summed E-state index contributed by atoms with van der Waals surface area (Å²) in [5, 5.41) is 2.18. The predicted octanol–water partition coefficient (Wildman–Crippen LogP) is 3.18. The number of thiophene rings is 1. The standard InChI is InChI=1S/C19H20N2O2S/c22-18-15-5-1-2-6-16(15)19(23)21(18)10-4-3-9-20-11-7-17-14(13-20)8-12-24-17/h1-2,5-6,8,12H,3-4,7,9-11,13H2. The van der Waals surface area contributed by atoms with E-state index in [0.717, 1.165) is 38.9 Å². The van der Waals surface area contributed by atoms with Crippen molar-refractivity contribution in [2.24, 2.45) is 0 Å². The molecule has 3 heterocycles. The predicted molar refractivity (Wildman–Crippen MR) is 94.3 cm³/mol. The third kappa shape index (κ3) is 2.78. The van der Waals surface area contributed by atoms with Crippen LogP contribution in [-0.4, -0.2) is 41.2 Å². The topological polar surface area (TPSA) is 40.6 Å². The lowest BCUT2D eigenvalue weighted by Crippen LogP contribution is -2.33. The van der Waals surface area contributed by atoms with Gasteiger partial charge < -0.3 is 0 Å². The molecule has 24 heavy (non-hydrogen) atoms. The van der Waals surface area contributed by atoms with Gasteiger partial charge >= 0.3 is 0 Å². The number of unbranched alkanes of at least 4 members (excludes halogenated alkanes) is 1. The van der Waals surface area contributed by atoms with Gasteiger partial charge in [-0.25, -0.2) is 0 Å². The molecule has 2 amide bonds. The van der Waals surface area contributed by atoms with E-state index in [9.17, 15) is 9.59 Å². The fourth-order valence-corrected chi connectivity index (χ4v) is 4.43. The lowest BCUT2D eigenvalue weighted by Gasteiger charge is -2.26. The van der Waals surface area contributed by atoms with Crippen LogP contribution in [-0.2, 0) is 13.0 Å². The van der Waals surface area contributed by atoms with Crippen molar-refractivity contribution in [1.82, 2.24) is 9.80 Å². The first-order valence-electron chi connectivity index (χ1n) is 8.47. The summed E-state index contributed by atoms with van der Waals surface area (Å²) in [4.78, 5) is 30.0. The summed E-state index contributed by atoms with van der Waals surface area (Å²) in [6, 6.07) is 9.32. The van der Waals surface area contributed by atoms with Crippen LogP contribution in [0.2, 0.25) is 0 Å². The molecule has 4 rings (SSSR count). The fourth-order valence-electron chi connectivity index (χ4n) is 3.55. The van der Waals surface area contributed by atoms with E-state index in [-0.39, 0.29) is 11.8 Å². The maximum Gasteiger partial charge on any atom is 0.261 e. The largest absolute Gasteiger partial charge is 0.299 e. The van der Waals surface area contributed by atoms with E-state index in [1.807, 2.05) is 23.5 Å². The van der Waals surface area contributed by atoms with Gasteiger partial charge in [0.1, 0.15) is 0 Å². The quantitative estimate of drug-likeness (QED) is 0.620. The van der Waals surface area contributed by atoms with Crippen molar-refractivity contribution in [3.63, 3.8) is 0 Å². The molecule has 0 spiro atoms. The van der Waals surface area contributed by atoms with E-state index in [1.54, 1.807) is 12.1 Å². The molecule has 0 saturated heterocycles. The van der Waals surface area contributed by atoms with Crippen molar-refractivity contribution in [1.29, 1.82) is 0 Å². The van der Waals surface area contributed by atoms with Crippen LogP contribution in [0.4, 0.5) is 0 Å². The lowest BCUT2D eigenvalue weighted by molar-refractivity contribution is 0.0650. The van der Waals surface area contributed by atoms with Crippen LogP contribution in [0, 0.1) is 0 Å². The Hall–Kier alpha value is -1.98. The second-order valence-corrected chi connectivity index (χ2v) is 7.41. The van der Waals surface area contributed by atoms with E-state index < -0.39 is 0 Å². The molecule has 0 N–H and O–H groups in total. The smallest absolute Gasteiger partial charge is 0.261 e. The second-order valence-electron chi connectivity index (χ2n) is 6.41. The summed E-state index contributed by atoms with van der Waals surface area (Å²) in [6.07, 6.45) is 3.01. The van der Waals surface area contributed by atoms with Crippen molar-refractivity contribution < 1.29 is 9.59 Å². The van der Waals surface area contributed by atoms with Crippen LogP contribution in [0.1, 0.15) is 44.0 Å². The third-order valence-electron chi connectivity index (χ3n) is 4.87. The number of hydrogen-bond acceptors (Lipinski definition) is 4. The zero-order valence-corrected chi connectivity index (χ0v) is 14.3. The van der Waals surface area contributed by atoms with E-state index in [4.69, 9.17) is 0 Å². The highest BCUT2D eigenvalue weighted by atomic mass is 32.1. The molecule has 0 aliphatic carbocycles. The minimum atomic E-state index is -0.142. The molecular formula is C19H20N2O2S. The SMILES string of the molecule is O=C1c2ccccc2C(=O)N1CCCCN1CCc2sccc2C1. The van der Waals surface area contributed by atoms with Gasteiger partial charge in [-0.05, 0) is 54.9 Å². The number of amides is 2. The Morgan fingerprint density at radius 3 is 2.42 bits per heavy atom. The van der Waals surface area contributed by atoms with Gasteiger partial charge in [0.15, 0.2) is 0 Å². The molecule has 124 valence electrons. The molecule has 0 fully saturated rings. The second kappa shape index (κ2) is 6.49. The number of benzene rings is 1. The molecule has 0 bridgehead atoms. The van der Waals surface area contributed by atoms with Gasteiger partial charge in [0.25, 0.3) is 11.8 Å². The first-order chi connectivity index (χ1) is 11.7.